The fraction of sp³-hybridized carbons (Fsp3) is 0.211. The number of halogens is 3. The van der Waals surface area contributed by atoms with Crippen molar-refractivity contribution in [2.45, 2.75) is 17.9 Å². The number of alkyl halides is 3. The quantitative estimate of drug-likeness (QED) is 0.566. The van der Waals surface area contributed by atoms with Crippen molar-refractivity contribution in [3.8, 4) is 0 Å². The molecular weight excluding hydrogens is 407 g/mol. The molecule has 2 aromatic heterocycles. The van der Waals surface area contributed by atoms with E-state index in [9.17, 15) is 27.9 Å². The Hall–Kier alpha value is -2.98. The van der Waals surface area contributed by atoms with Gasteiger partial charge in [-0.1, -0.05) is 18.2 Å². The van der Waals surface area contributed by atoms with Crippen molar-refractivity contribution in [1.29, 1.82) is 0 Å². The van der Waals surface area contributed by atoms with Crippen LogP contribution >= 0.6 is 11.3 Å². The first-order valence-electron chi connectivity index (χ1n) is 8.51. The van der Waals surface area contributed by atoms with Crippen LogP contribution < -0.4 is 10.6 Å². The number of amides is 2. The van der Waals surface area contributed by atoms with Crippen molar-refractivity contribution in [2.75, 3.05) is 0 Å². The smallest absolute Gasteiger partial charge is 0.363 e. The molecule has 1 saturated heterocycles. The predicted molar refractivity (Wildman–Crippen MR) is 99.3 cm³/mol. The van der Waals surface area contributed by atoms with Crippen molar-refractivity contribution in [1.82, 2.24) is 15.6 Å². The summed E-state index contributed by atoms with van der Waals surface area (Å²) in [6, 6.07) is 8.25. The highest BCUT2D eigenvalue weighted by Gasteiger charge is 2.66. The van der Waals surface area contributed by atoms with E-state index in [1.54, 1.807) is 35.8 Å². The average Bonchev–Trinajstić information content (AvgIpc) is 3.20. The number of carbonyl (C=O) groups is 2. The van der Waals surface area contributed by atoms with Gasteiger partial charge in [-0.3, -0.25) is 9.78 Å². The molecule has 6 nitrogen and oxygen atoms in total. The van der Waals surface area contributed by atoms with E-state index in [2.05, 4.69) is 10.3 Å². The lowest BCUT2D eigenvalue weighted by atomic mass is 9.78. The Morgan fingerprint density at radius 2 is 2.00 bits per heavy atom. The second kappa shape index (κ2) is 6.82. The Kier molecular flexibility index (Phi) is 4.55. The molecule has 0 aliphatic carbocycles. The monoisotopic (exact) mass is 421 g/mol. The Morgan fingerprint density at radius 1 is 1.21 bits per heavy atom. The highest BCUT2D eigenvalue weighted by atomic mass is 32.1. The van der Waals surface area contributed by atoms with Gasteiger partial charge in [0.05, 0.1) is 16.4 Å². The van der Waals surface area contributed by atoms with Crippen molar-refractivity contribution >= 4 is 34.1 Å². The van der Waals surface area contributed by atoms with E-state index in [1.807, 2.05) is 0 Å². The van der Waals surface area contributed by atoms with Crippen molar-refractivity contribution in [3.63, 3.8) is 0 Å². The summed E-state index contributed by atoms with van der Waals surface area (Å²) in [7, 11) is 0. The number of Topliss-reactive ketones (excluding diaryl/α,β-unsaturated/α-hetero) is 1. The summed E-state index contributed by atoms with van der Waals surface area (Å²) in [4.78, 5) is 29.2. The number of hydrogen-bond acceptors (Lipinski definition) is 5. The third-order valence-corrected chi connectivity index (χ3v) is 5.72. The molecule has 1 fully saturated rings. The molecule has 1 aliphatic rings. The molecule has 0 radical (unpaired) electrons. The van der Waals surface area contributed by atoms with Crippen LogP contribution in [0.5, 0.6) is 0 Å². The van der Waals surface area contributed by atoms with Gasteiger partial charge in [0.15, 0.2) is 5.78 Å². The minimum absolute atomic E-state index is 0.0445. The van der Waals surface area contributed by atoms with Gasteiger partial charge < -0.3 is 15.7 Å². The lowest BCUT2D eigenvalue weighted by Crippen LogP contribution is -2.72. The number of thiophene rings is 1. The first kappa shape index (κ1) is 19.3. The first-order valence-corrected chi connectivity index (χ1v) is 9.39. The molecule has 0 saturated carbocycles. The SMILES string of the molecule is O=C1N[C@H](c2ccc3ncccc3c2)[C@@H](C(=O)c2cccs2)[C@](O)(C(F)(F)F)N1. The first-order chi connectivity index (χ1) is 13.7. The topological polar surface area (TPSA) is 91.3 Å². The summed E-state index contributed by atoms with van der Waals surface area (Å²) in [6.07, 6.45) is -3.71. The summed E-state index contributed by atoms with van der Waals surface area (Å²) in [5.41, 5.74) is -2.88. The van der Waals surface area contributed by atoms with Gasteiger partial charge in [-0.05, 0) is 35.2 Å². The molecule has 4 rings (SSSR count). The number of aromatic nitrogens is 1. The van der Waals surface area contributed by atoms with Crippen LogP contribution in [0.2, 0.25) is 0 Å². The van der Waals surface area contributed by atoms with Crippen LogP contribution in [0.15, 0.2) is 54.0 Å². The van der Waals surface area contributed by atoms with Crippen LogP contribution in [0.25, 0.3) is 10.9 Å². The maximum atomic E-state index is 13.8. The van der Waals surface area contributed by atoms with Crippen LogP contribution in [-0.2, 0) is 0 Å². The molecular formula is C19H14F3N3O3S. The van der Waals surface area contributed by atoms with Gasteiger partial charge in [0.1, 0.15) is 5.92 Å². The summed E-state index contributed by atoms with van der Waals surface area (Å²) >= 11 is 0.958. The largest absolute Gasteiger partial charge is 0.437 e. The molecule has 3 aromatic rings. The zero-order valence-corrected chi connectivity index (χ0v) is 15.4. The predicted octanol–water partition coefficient (Wildman–Crippen LogP) is 3.40. The van der Waals surface area contributed by atoms with E-state index in [1.165, 1.54) is 23.5 Å². The number of nitrogens with zero attached hydrogens (tertiary/aromatic N) is 1. The molecule has 3 heterocycles. The number of rotatable bonds is 3. The average molecular weight is 421 g/mol. The second-order valence-corrected chi connectivity index (χ2v) is 7.56. The Bertz CT molecular complexity index is 1090. The lowest BCUT2D eigenvalue weighted by molar-refractivity contribution is -0.287. The zero-order valence-electron chi connectivity index (χ0n) is 14.6. The van der Waals surface area contributed by atoms with E-state index < -0.39 is 35.7 Å². The molecule has 2 amide bonds. The van der Waals surface area contributed by atoms with Crippen LogP contribution in [0, 0.1) is 5.92 Å². The number of benzene rings is 1. The van der Waals surface area contributed by atoms with Crippen LogP contribution in [0.4, 0.5) is 18.0 Å². The van der Waals surface area contributed by atoms with Crippen molar-refractivity contribution in [3.05, 3.63) is 64.5 Å². The number of hydrogen-bond donors (Lipinski definition) is 3. The summed E-state index contributed by atoms with van der Waals surface area (Å²) in [5, 5.41) is 16.6. The summed E-state index contributed by atoms with van der Waals surface area (Å²) in [6.45, 7) is 0. The number of ketones is 1. The molecule has 1 aliphatic heterocycles. The third-order valence-electron chi connectivity index (χ3n) is 4.84. The molecule has 10 heteroatoms. The van der Waals surface area contributed by atoms with Crippen LogP contribution in [0.3, 0.4) is 0 Å². The number of pyridine rings is 1. The van der Waals surface area contributed by atoms with Gasteiger partial charge in [-0.15, -0.1) is 11.3 Å². The molecule has 0 bridgehead atoms. The van der Waals surface area contributed by atoms with Gasteiger partial charge in [-0.25, -0.2) is 4.79 Å². The number of fused-ring (bicyclic) bond motifs is 1. The number of urea groups is 1. The van der Waals surface area contributed by atoms with E-state index in [4.69, 9.17) is 0 Å². The molecule has 3 N–H and O–H groups in total. The number of nitrogens with one attached hydrogen (secondary N) is 2. The van der Waals surface area contributed by atoms with Crippen molar-refractivity contribution in [2.24, 2.45) is 5.92 Å². The van der Waals surface area contributed by atoms with Gasteiger partial charge in [0.2, 0.25) is 5.72 Å². The summed E-state index contributed by atoms with van der Waals surface area (Å²) < 4.78 is 41.5. The Balaban J connectivity index is 1.88. The van der Waals surface area contributed by atoms with E-state index in [0.29, 0.717) is 10.9 Å². The van der Waals surface area contributed by atoms with Gasteiger partial charge >= 0.3 is 12.2 Å². The Labute approximate surface area is 166 Å². The number of carbonyl (C=O) groups excluding carboxylic acids is 2. The lowest BCUT2D eigenvalue weighted by Gasteiger charge is -2.44. The highest BCUT2D eigenvalue weighted by molar-refractivity contribution is 7.12. The molecule has 3 atom stereocenters. The molecule has 29 heavy (non-hydrogen) atoms. The number of aliphatic hydroxyl groups is 1. The standard InChI is InChI=1S/C19H14F3N3O3S/c20-19(21,22)18(28)14(16(26)13-4-2-8-29-13)15(24-17(27)25-18)11-5-6-12-10(9-11)3-1-7-23-12/h1-9,14-15,28H,(H2,24,25,27)/t14-,15+,18-/m0/s1. The minimum atomic E-state index is -5.28. The minimum Gasteiger partial charge on any atom is -0.363 e. The molecule has 1 aromatic carbocycles. The van der Waals surface area contributed by atoms with Crippen LogP contribution in [-0.4, -0.2) is 33.8 Å². The van der Waals surface area contributed by atoms with E-state index in [0.717, 1.165) is 11.3 Å². The maximum absolute atomic E-state index is 13.8. The van der Waals surface area contributed by atoms with Crippen molar-refractivity contribution < 1.29 is 27.9 Å². The second-order valence-electron chi connectivity index (χ2n) is 6.62. The third kappa shape index (κ3) is 3.23. The van der Waals surface area contributed by atoms with Gasteiger partial charge in [0.25, 0.3) is 0 Å². The highest BCUT2D eigenvalue weighted by Crippen LogP contribution is 2.44. The maximum Gasteiger partial charge on any atom is 0.437 e. The van der Waals surface area contributed by atoms with E-state index >= 15 is 0 Å². The van der Waals surface area contributed by atoms with Gasteiger partial charge in [-0.2, -0.15) is 13.2 Å². The fourth-order valence-electron chi connectivity index (χ4n) is 3.48. The van der Waals surface area contributed by atoms with E-state index in [-0.39, 0.29) is 10.4 Å². The normalized spacial score (nSPS) is 24.8. The zero-order chi connectivity index (χ0) is 20.8. The fourth-order valence-corrected chi connectivity index (χ4v) is 4.18. The summed E-state index contributed by atoms with van der Waals surface area (Å²) in [5.74, 6) is -2.96. The van der Waals surface area contributed by atoms with Gasteiger partial charge in [0, 0.05) is 11.6 Å². The molecule has 0 unspecified atom stereocenters. The molecule has 150 valence electrons. The molecule has 0 spiro atoms. The van der Waals surface area contributed by atoms with Crippen LogP contribution in [0.1, 0.15) is 21.3 Å². The Morgan fingerprint density at radius 3 is 2.69 bits per heavy atom.